The fourth-order valence-electron chi connectivity index (χ4n) is 9.08. The zero-order valence-corrected chi connectivity index (χ0v) is 20.8. The highest BCUT2D eigenvalue weighted by Crippen LogP contribution is 2.67. The Kier molecular flexibility index (Phi) is 6.99. The van der Waals surface area contributed by atoms with Crippen LogP contribution < -0.4 is 0 Å². The molecule has 0 heterocycles. The summed E-state index contributed by atoms with van der Waals surface area (Å²) in [6.07, 6.45) is 24.5. The first kappa shape index (κ1) is 23.4. The molecule has 31 heavy (non-hydrogen) atoms. The van der Waals surface area contributed by atoms with Gasteiger partial charge in [-0.05, 0) is 104 Å². The average molecular weight is 425 g/mol. The topological polar surface area (TPSA) is 20.2 Å². The third-order valence-electron chi connectivity index (χ3n) is 11.0. The third-order valence-corrected chi connectivity index (χ3v) is 11.0. The highest BCUT2D eigenvalue weighted by molar-refractivity contribution is 5.25. The molecule has 0 aromatic rings. The summed E-state index contributed by atoms with van der Waals surface area (Å²) in [5.74, 6) is 8.06. The molecule has 174 valence electrons. The summed E-state index contributed by atoms with van der Waals surface area (Å²) in [6, 6.07) is 0. The van der Waals surface area contributed by atoms with Crippen LogP contribution in [0.2, 0.25) is 0 Å². The van der Waals surface area contributed by atoms with Gasteiger partial charge in [0.15, 0.2) is 0 Å². The van der Waals surface area contributed by atoms with E-state index in [0.29, 0.717) is 10.8 Å². The molecule has 1 N–H and O–H groups in total. The number of rotatable bonds is 7. The SMILES string of the molecule is C#CCCC(C)CCC[C@@H](C)[C@H]1CC[C@H]2[C@@H]3CC=C4C[C@@H](O)CC[C@]4(C)[C@H]3CC[C@]12C. The Bertz CT molecular complexity index is 700. The van der Waals surface area contributed by atoms with Crippen molar-refractivity contribution in [1.82, 2.24) is 0 Å². The molecule has 0 amide bonds. The fraction of sp³-hybridized carbons (Fsp3) is 0.867. The van der Waals surface area contributed by atoms with Crippen LogP contribution in [-0.4, -0.2) is 11.2 Å². The smallest absolute Gasteiger partial charge is 0.0577 e. The van der Waals surface area contributed by atoms with E-state index in [-0.39, 0.29) is 6.10 Å². The minimum atomic E-state index is -0.0873. The average Bonchev–Trinajstić information content (AvgIpc) is 3.10. The van der Waals surface area contributed by atoms with Crippen LogP contribution in [0.4, 0.5) is 0 Å². The molecule has 4 aliphatic carbocycles. The molecule has 0 saturated heterocycles. The first-order valence-electron chi connectivity index (χ1n) is 13.6. The summed E-state index contributed by atoms with van der Waals surface area (Å²) in [6.45, 7) is 10.2. The number of terminal acetylenes is 1. The molecule has 4 rings (SSSR count). The summed E-state index contributed by atoms with van der Waals surface area (Å²) in [5.41, 5.74) is 2.55. The van der Waals surface area contributed by atoms with Gasteiger partial charge in [0, 0.05) is 6.42 Å². The van der Waals surface area contributed by atoms with Gasteiger partial charge in [0.05, 0.1) is 6.10 Å². The van der Waals surface area contributed by atoms with Crippen LogP contribution in [0.1, 0.15) is 111 Å². The molecule has 4 aliphatic rings. The molecule has 9 atom stereocenters. The third kappa shape index (κ3) is 4.28. The lowest BCUT2D eigenvalue weighted by molar-refractivity contribution is -0.0573. The number of aliphatic hydroxyl groups is 1. The van der Waals surface area contributed by atoms with E-state index in [4.69, 9.17) is 6.42 Å². The van der Waals surface area contributed by atoms with Crippen molar-refractivity contribution in [3.05, 3.63) is 11.6 Å². The second-order valence-electron chi connectivity index (χ2n) is 12.6. The van der Waals surface area contributed by atoms with E-state index in [1.54, 1.807) is 5.57 Å². The summed E-state index contributed by atoms with van der Waals surface area (Å²) in [5, 5.41) is 10.2. The van der Waals surface area contributed by atoms with Gasteiger partial charge in [-0.15, -0.1) is 12.3 Å². The quantitative estimate of drug-likeness (QED) is 0.327. The molecule has 0 aromatic heterocycles. The summed E-state index contributed by atoms with van der Waals surface area (Å²) in [4.78, 5) is 0. The Labute approximate surface area is 192 Å². The molecule has 0 spiro atoms. The van der Waals surface area contributed by atoms with Gasteiger partial charge in [-0.3, -0.25) is 0 Å². The Hall–Kier alpha value is -0.740. The molecule has 0 bridgehead atoms. The lowest BCUT2D eigenvalue weighted by atomic mass is 9.47. The first-order chi connectivity index (χ1) is 14.8. The van der Waals surface area contributed by atoms with Crippen molar-refractivity contribution in [2.45, 2.75) is 117 Å². The predicted molar refractivity (Wildman–Crippen MR) is 131 cm³/mol. The van der Waals surface area contributed by atoms with Crippen LogP contribution in [0, 0.1) is 58.7 Å². The van der Waals surface area contributed by atoms with Gasteiger partial charge < -0.3 is 5.11 Å². The minimum absolute atomic E-state index is 0.0873. The van der Waals surface area contributed by atoms with Crippen LogP contribution >= 0.6 is 0 Å². The number of fused-ring (bicyclic) bond motifs is 5. The van der Waals surface area contributed by atoms with Crippen LogP contribution in [-0.2, 0) is 0 Å². The fourth-order valence-corrected chi connectivity index (χ4v) is 9.08. The van der Waals surface area contributed by atoms with Gasteiger partial charge in [0.25, 0.3) is 0 Å². The normalized spacial score (nSPS) is 43.7. The zero-order valence-electron chi connectivity index (χ0n) is 20.8. The van der Waals surface area contributed by atoms with Gasteiger partial charge in [0.2, 0.25) is 0 Å². The van der Waals surface area contributed by atoms with Crippen molar-refractivity contribution in [3.63, 3.8) is 0 Å². The van der Waals surface area contributed by atoms with Crippen molar-refractivity contribution in [1.29, 1.82) is 0 Å². The molecule has 1 heteroatoms. The predicted octanol–water partition coefficient (Wildman–Crippen LogP) is 7.78. The number of hydrogen-bond acceptors (Lipinski definition) is 1. The van der Waals surface area contributed by atoms with Crippen LogP contribution in [0.3, 0.4) is 0 Å². The molecule has 1 nitrogen and oxygen atoms in total. The van der Waals surface area contributed by atoms with Gasteiger partial charge in [-0.1, -0.05) is 58.6 Å². The van der Waals surface area contributed by atoms with Crippen LogP contribution in [0.15, 0.2) is 11.6 Å². The van der Waals surface area contributed by atoms with E-state index in [1.807, 2.05) is 0 Å². The van der Waals surface area contributed by atoms with Crippen molar-refractivity contribution in [2.24, 2.45) is 46.3 Å². The minimum Gasteiger partial charge on any atom is -0.393 e. The van der Waals surface area contributed by atoms with E-state index in [9.17, 15) is 5.11 Å². The van der Waals surface area contributed by atoms with Gasteiger partial charge in [-0.25, -0.2) is 0 Å². The maximum Gasteiger partial charge on any atom is 0.0577 e. The van der Waals surface area contributed by atoms with E-state index >= 15 is 0 Å². The monoisotopic (exact) mass is 424 g/mol. The molecule has 0 aromatic carbocycles. The van der Waals surface area contributed by atoms with Crippen LogP contribution in [0.25, 0.3) is 0 Å². The second-order valence-corrected chi connectivity index (χ2v) is 12.6. The number of allylic oxidation sites excluding steroid dienone is 1. The van der Waals surface area contributed by atoms with Gasteiger partial charge >= 0.3 is 0 Å². The van der Waals surface area contributed by atoms with Crippen molar-refractivity contribution in [2.75, 3.05) is 0 Å². The molecular formula is C30H48O. The molecule has 0 aliphatic heterocycles. The van der Waals surface area contributed by atoms with E-state index < -0.39 is 0 Å². The Morgan fingerprint density at radius 1 is 1.06 bits per heavy atom. The molecule has 1 unspecified atom stereocenters. The highest BCUT2D eigenvalue weighted by Gasteiger charge is 2.59. The standard InChI is InChI=1S/C30H48O/c1-6-7-9-21(2)10-8-11-22(3)26-14-15-27-25-13-12-23-20-24(31)16-18-29(23,4)28(25)17-19-30(26,27)5/h1,12,21-22,24-28,31H,7-11,13-20H2,2-5H3/t21?,22-,24+,25+,26-,27+,28+,29+,30-/m1/s1. The second kappa shape index (κ2) is 9.25. The number of aliphatic hydroxyl groups excluding tert-OH is 1. The van der Waals surface area contributed by atoms with Crippen molar-refractivity contribution >= 4 is 0 Å². The lowest BCUT2D eigenvalue weighted by Crippen LogP contribution is -2.50. The van der Waals surface area contributed by atoms with Gasteiger partial charge in [-0.2, -0.15) is 0 Å². The molecule has 0 radical (unpaired) electrons. The molecule has 3 saturated carbocycles. The summed E-state index contributed by atoms with van der Waals surface area (Å²) in [7, 11) is 0. The molecule has 3 fully saturated rings. The zero-order chi connectivity index (χ0) is 22.2. The van der Waals surface area contributed by atoms with Crippen LogP contribution in [0.5, 0.6) is 0 Å². The van der Waals surface area contributed by atoms with E-state index in [0.717, 1.165) is 54.8 Å². The Balaban J connectivity index is 1.40. The summed E-state index contributed by atoms with van der Waals surface area (Å²) >= 11 is 0. The first-order valence-corrected chi connectivity index (χ1v) is 13.6. The summed E-state index contributed by atoms with van der Waals surface area (Å²) < 4.78 is 0. The van der Waals surface area contributed by atoms with E-state index in [2.05, 4.69) is 39.7 Å². The maximum absolute atomic E-state index is 10.2. The largest absolute Gasteiger partial charge is 0.393 e. The highest BCUT2D eigenvalue weighted by atomic mass is 16.3. The van der Waals surface area contributed by atoms with Gasteiger partial charge in [0.1, 0.15) is 0 Å². The lowest BCUT2D eigenvalue weighted by Gasteiger charge is -2.58. The Morgan fingerprint density at radius 3 is 2.65 bits per heavy atom. The van der Waals surface area contributed by atoms with Crippen molar-refractivity contribution < 1.29 is 5.11 Å². The molecular weight excluding hydrogens is 376 g/mol. The Morgan fingerprint density at radius 2 is 1.87 bits per heavy atom. The van der Waals surface area contributed by atoms with E-state index in [1.165, 1.54) is 64.2 Å². The van der Waals surface area contributed by atoms with Crippen molar-refractivity contribution in [3.8, 4) is 12.3 Å². The number of hydrogen-bond donors (Lipinski definition) is 1. The maximum atomic E-state index is 10.2.